The third-order valence-corrected chi connectivity index (χ3v) is 5.22. The van der Waals surface area contributed by atoms with Crippen molar-refractivity contribution in [1.82, 2.24) is 9.97 Å². The van der Waals surface area contributed by atoms with E-state index < -0.39 is 10.0 Å². The lowest BCUT2D eigenvalue weighted by Gasteiger charge is -2.09. The summed E-state index contributed by atoms with van der Waals surface area (Å²) in [6, 6.07) is 11.6. The van der Waals surface area contributed by atoms with E-state index in [1.807, 2.05) is 12.3 Å². The minimum atomic E-state index is -3.72. The van der Waals surface area contributed by atoms with E-state index >= 15 is 0 Å². The summed E-state index contributed by atoms with van der Waals surface area (Å²) in [5.41, 5.74) is 1.14. The van der Waals surface area contributed by atoms with Crippen molar-refractivity contribution >= 4 is 38.5 Å². The molecule has 0 aliphatic rings. The molecule has 0 aliphatic heterocycles. The highest BCUT2D eigenvalue weighted by molar-refractivity contribution is 7.98. The predicted octanol–water partition coefficient (Wildman–Crippen LogP) is 2.38. The van der Waals surface area contributed by atoms with Crippen molar-refractivity contribution in [3.63, 3.8) is 0 Å². The number of thioether (sulfide) groups is 1. The van der Waals surface area contributed by atoms with Crippen molar-refractivity contribution in [3.05, 3.63) is 52.9 Å². The summed E-state index contributed by atoms with van der Waals surface area (Å²) in [6.45, 7) is 0. The number of fused-ring (bicyclic) bond motifs is 1. The molecule has 0 saturated heterocycles. The molecule has 0 bridgehead atoms. The number of hydrogen-bond acceptors (Lipinski definition) is 4. The third-order valence-electron chi connectivity index (χ3n) is 3.12. The molecule has 8 heteroatoms. The quantitative estimate of drug-likeness (QED) is 0.638. The lowest BCUT2D eigenvalue weighted by Crippen LogP contribution is -2.12. The van der Waals surface area contributed by atoms with Gasteiger partial charge < -0.3 is 9.97 Å². The molecule has 1 heterocycles. The average molecular weight is 335 g/mol. The number of aromatic amines is 2. The highest BCUT2D eigenvalue weighted by atomic mass is 32.2. The fourth-order valence-corrected chi connectivity index (χ4v) is 3.61. The Morgan fingerprint density at radius 3 is 2.59 bits per heavy atom. The third kappa shape index (κ3) is 2.88. The number of hydrogen-bond donors (Lipinski definition) is 3. The van der Waals surface area contributed by atoms with Crippen LogP contribution in [0.15, 0.2) is 57.1 Å². The first-order chi connectivity index (χ1) is 10.5. The topological polar surface area (TPSA) is 94.8 Å². The zero-order valence-corrected chi connectivity index (χ0v) is 13.2. The number of rotatable bonds is 4. The van der Waals surface area contributed by atoms with Crippen LogP contribution in [-0.4, -0.2) is 24.6 Å². The van der Waals surface area contributed by atoms with Gasteiger partial charge in [0.05, 0.1) is 15.9 Å². The molecule has 0 amide bonds. The fourth-order valence-electron chi connectivity index (χ4n) is 2.08. The minimum Gasteiger partial charge on any atom is -0.306 e. The second-order valence-corrected chi connectivity index (χ2v) is 7.19. The van der Waals surface area contributed by atoms with Gasteiger partial charge in [-0.25, -0.2) is 13.2 Å². The van der Waals surface area contributed by atoms with Crippen LogP contribution < -0.4 is 10.4 Å². The lowest BCUT2D eigenvalue weighted by molar-refractivity contribution is 0.601. The first-order valence-corrected chi connectivity index (χ1v) is 9.08. The molecule has 0 fully saturated rings. The summed E-state index contributed by atoms with van der Waals surface area (Å²) in [6.07, 6.45) is 1.92. The first kappa shape index (κ1) is 14.7. The van der Waals surface area contributed by atoms with Gasteiger partial charge in [0.15, 0.2) is 0 Å². The van der Waals surface area contributed by atoms with Crippen molar-refractivity contribution in [1.29, 1.82) is 0 Å². The maximum absolute atomic E-state index is 12.4. The van der Waals surface area contributed by atoms with Gasteiger partial charge in [0.1, 0.15) is 0 Å². The number of imidazole rings is 1. The molecule has 3 rings (SSSR count). The Balaban J connectivity index is 1.98. The molecule has 0 atom stereocenters. The van der Waals surface area contributed by atoms with Crippen LogP contribution in [0.4, 0.5) is 5.69 Å². The number of sulfonamides is 1. The summed E-state index contributed by atoms with van der Waals surface area (Å²) in [7, 11) is -3.72. The SMILES string of the molecule is CSc1cccc(NS(=O)(=O)c2ccc3[nH]c(=O)[nH]c3c2)c1. The van der Waals surface area contributed by atoms with Gasteiger partial charge in [-0.2, -0.15) is 0 Å². The zero-order chi connectivity index (χ0) is 15.7. The van der Waals surface area contributed by atoms with Gasteiger partial charge in [0.2, 0.25) is 0 Å². The standard InChI is InChI=1S/C14H13N3O3S2/c1-21-10-4-2-3-9(7-10)17-22(19,20)11-5-6-12-13(8-11)16-14(18)15-12/h2-8,17H,1H3,(H2,15,16,18). The summed E-state index contributed by atoms with van der Waals surface area (Å²) in [5.74, 6) is 0. The van der Waals surface area contributed by atoms with Crippen LogP contribution >= 0.6 is 11.8 Å². The van der Waals surface area contributed by atoms with E-state index in [1.165, 1.54) is 23.9 Å². The van der Waals surface area contributed by atoms with Gasteiger partial charge >= 0.3 is 5.69 Å². The monoisotopic (exact) mass is 335 g/mol. The number of anilines is 1. The molecular weight excluding hydrogens is 322 g/mol. The number of benzene rings is 2. The molecule has 3 N–H and O–H groups in total. The summed E-state index contributed by atoms with van der Waals surface area (Å²) >= 11 is 1.53. The molecule has 114 valence electrons. The molecule has 3 aromatic rings. The number of nitrogens with one attached hydrogen (secondary N) is 3. The van der Waals surface area contributed by atoms with Crippen molar-refractivity contribution in [2.24, 2.45) is 0 Å². The minimum absolute atomic E-state index is 0.0878. The van der Waals surface area contributed by atoms with E-state index in [4.69, 9.17) is 0 Å². The lowest BCUT2D eigenvalue weighted by atomic mass is 10.3. The predicted molar refractivity (Wildman–Crippen MR) is 88.0 cm³/mol. The van der Waals surface area contributed by atoms with Gasteiger partial charge in [-0.15, -0.1) is 11.8 Å². The van der Waals surface area contributed by atoms with Gasteiger partial charge in [-0.05, 0) is 42.7 Å². The van der Waals surface area contributed by atoms with Crippen LogP contribution in [0.5, 0.6) is 0 Å². The van der Waals surface area contributed by atoms with Crippen LogP contribution in [0.2, 0.25) is 0 Å². The van der Waals surface area contributed by atoms with Gasteiger partial charge in [-0.3, -0.25) is 4.72 Å². The summed E-state index contributed by atoms with van der Waals surface area (Å²) < 4.78 is 27.4. The van der Waals surface area contributed by atoms with Crippen molar-refractivity contribution in [2.75, 3.05) is 11.0 Å². The summed E-state index contributed by atoms with van der Waals surface area (Å²) in [4.78, 5) is 17.4. The van der Waals surface area contributed by atoms with Crippen LogP contribution in [-0.2, 0) is 10.0 Å². The smallest absolute Gasteiger partial charge is 0.306 e. The second kappa shape index (κ2) is 5.54. The average Bonchev–Trinajstić information content (AvgIpc) is 2.86. The molecule has 6 nitrogen and oxygen atoms in total. The largest absolute Gasteiger partial charge is 0.323 e. The molecule has 0 aliphatic carbocycles. The number of H-pyrrole nitrogens is 2. The molecule has 0 spiro atoms. The highest BCUT2D eigenvalue weighted by Gasteiger charge is 2.15. The highest BCUT2D eigenvalue weighted by Crippen LogP contribution is 2.22. The molecule has 1 aromatic heterocycles. The van der Waals surface area contributed by atoms with Gasteiger partial charge in [-0.1, -0.05) is 6.07 Å². The van der Waals surface area contributed by atoms with E-state index in [-0.39, 0.29) is 10.6 Å². The number of aromatic nitrogens is 2. The fraction of sp³-hybridized carbons (Fsp3) is 0.0714. The van der Waals surface area contributed by atoms with E-state index in [0.29, 0.717) is 16.7 Å². The van der Waals surface area contributed by atoms with Crippen molar-refractivity contribution in [3.8, 4) is 0 Å². The zero-order valence-electron chi connectivity index (χ0n) is 11.6. The van der Waals surface area contributed by atoms with Gasteiger partial charge in [0.25, 0.3) is 10.0 Å². The van der Waals surface area contributed by atoms with E-state index in [1.54, 1.807) is 24.3 Å². The van der Waals surface area contributed by atoms with E-state index in [0.717, 1.165) is 4.90 Å². The maximum Gasteiger partial charge on any atom is 0.323 e. The van der Waals surface area contributed by atoms with Gasteiger partial charge in [0, 0.05) is 10.6 Å². The molecule has 2 aromatic carbocycles. The first-order valence-electron chi connectivity index (χ1n) is 6.37. The molecule has 0 unspecified atom stereocenters. The van der Waals surface area contributed by atoms with E-state index in [2.05, 4.69) is 14.7 Å². The van der Waals surface area contributed by atoms with Crippen LogP contribution in [0, 0.1) is 0 Å². The Morgan fingerprint density at radius 2 is 1.82 bits per heavy atom. The Morgan fingerprint density at radius 1 is 1.05 bits per heavy atom. The Kier molecular flexibility index (Phi) is 3.71. The molecular formula is C14H13N3O3S2. The van der Waals surface area contributed by atoms with Crippen LogP contribution in [0.1, 0.15) is 0 Å². The Labute approximate surface area is 131 Å². The Hall–Kier alpha value is -2.19. The molecule has 0 saturated carbocycles. The normalized spacial score (nSPS) is 11.7. The maximum atomic E-state index is 12.4. The molecule has 0 radical (unpaired) electrons. The van der Waals surface area contributed by atoms with Crippen LogP contribution in [0.3, 0.4) is 0 Å². The molecule has 22 heavy (non-hydrogen) atoms. The summed E-state index contributed by atoms with van der Waals surface area (Å²) in [5, 5.41) is 0. The Bertz CT molecular complexity index is 990. The van der Waals surface area contributed by atoms with Crippen LogP contribution in [0.25, 0.3) is 11.0 Å². The van der Waals surface area contributed by atoms with Crippen molar-refractivity contribution < 1.29 is 8.42 Å². The second-order valence-electron chi connectivity index (χ2n) is 4.62. The van der Waals surface area contributed by atoms with Crippen molar-refractivity contribution in [2.45, 2.75) is 9.79 Å². The van der Waals surface area contributed by atoms with E-state index in [9.17, 15) is 13.2 Å².